The van der Waals surface area contributed by atoms with E-state index < -0.39 is 0 Å². The van der Waals surface area contributed by atoms with E-state index in [1.807, 2.05) is 14.1 Å². The fraction of sp³-hybridized carbons (Fsp3) is 0.909. The van der Waals surface area contributed by atoms with Crippen LogP contribution in [0.1, 0.15) is 26.7 Å². The van der Waals surface area contributed by atoms with Crippen molar-refractivity contribution in [1.82, 2.24) is 15.5 Å². The first kappa shape index (κ1) is 19.3. The van der Waals surface area contributed by atoms with Crippen molar-refractivity contribution in [2.75, 3.05) is 27.2 Å². The average molecular weight is 286 g/mol. The summed E-state index contributed by atoms with van der Waals surface area (Å²) in [5, 5.41) is 6.20. The maximum Gasteiger partial charge on any atom is 0.237 e. The number of carbonyl (C=O) groups is 1. The summed E-state index contributed by atoms with van der Waals surface area (Å²) >= 11 is 0. The van der Waals surface area contributed by atoms with Crippen LogP contribution in [0.2, 0.25) is 0 Å². The SMILES string of the molecule is CN(C)C(C)(C)CNC(=O)C1CCCN1.Cl.Cl. The summed E-state index contributed by atoms with van der Waals surface area (Å²) in [4.78, 5) is 13.8. The molecular formula is C11H25Cl2N3O. The van der Waals surface area contributed by atoms with E-state index in [0.717, 1.165) is 19.4 Å². The van der Waals surface area contributed by atoms with E-state index in [0.29, 0.717) is 6.54 Å². The summed E-state index contributed by atoms with van der Waals surface area (Å²) in [5.74, 6) is 0.141. The summed E-state index contributed by atoms with van der Waals surface area (Å²) in [6, 6.07) is 0.0305. The van der Waals surface area contributed by atoms with Crippen LogP contribution in [0.25, 0.3) is 0 Å². The highest BCUT2D eigenvalue weighted by atomic mass is 35.5. The lowest BCUT2D eigenvalue weighted by molar-refractivity contribution is -0.123. The van der Waals surface area contributed by atoms with E-state index in [1.54, 1.807) is 0 Å². The van der Waals surface area contributed by atoms with Crippen molar-refractivity contribution in [3.8, 4) is 0 Å². The van der Waals surface area contributed by atoms with Crippen molar-refractivity contribution in [3.63, 3.8) is 0 Å². The van der Waals surface area contributed by atoms with Crippen molar-refractivity contribution < 1.29 is 4.79 Å². The highest BCUT2D eigenvalue weighted by Crippen LogP contribution is 2.09. The van der Waals surface area contributed by atoms with Gasteiger partial charge in [-0.15, -0.1) is 24.8 Å². The second-order valence-electron chi connectivity index (χ2n) is 5.07. The molecule has 2 N–H and O–H groups in total. The number of hydrogen-bond acceptors (Lipinski definition) is 3. The van der Waals surface area contributed by atoms with Gasteiger partial charge in [-0.1, -0.05) is 0 Å². The fourth-order valence-electron chi connectivity index (χ4n) is 1.49. The van der Waals surface area contributed by atoms with Crippen molar-refractivity contribution in [2.24, 2.45) is 0 Å². The minimum Gasteiger partial charge on any atom is -0.353 e. The Morgan fingerprint density at radius 3 is 2.41 bits per heavy atom. The lowest BCUT2D eigenvalue weighted by atomic mass is 10.0. The van der Waals surface area contributed by atoms with Crippen LogP contribution in [0.5, 0.6) is 0 Å². The highest BCUT2D eigenvalue weighted by Gasteiger charge is 2.25. The van der Waals surface area contributed by atoms with E-state index in [-0.39, 0.29) is 42.3 Å². The Hall–Kier alpha value is -0.0300. The lowest BCUT2D eigenvalue weighted by Crippen LogP contribution is -2.51. The zero-order chi connectivity index (χ0) is 11.5. The molecule has 4 nitrogen and oxygen atoms in total. The first-order valence-electron chi connectivity index (χ1n) is 5.62. The van der Waals surface area contributed by atoms with Crippen LogP contribution < -0.4 is 10.6 Å². The van der Waals surface area contributed by atoms with Gasteiger partial charge in [0, 0.05) is 12.1 Å². The van der Waals surface area contributed by atoms with E-state index in [1.165, 1.54) is 0 Å². The molecule has 0 aliphatic carbocycles. The number of rotatable bonds is 4. The van der Waals surface area contributed by atoms with E-state index >= 15 is 0 Å². The molecule has 1 fully saturated rings. The van der Waals surface area contributed by atoms with E-state index in [9.17, 15) is 4.79 Å². The van der Waals surface area contributed by atoms with Crippen molar-refractivity contribution in [2.45, 2.75) is 38.3 Å². The highest BCUT2D eigenvalue weighted by molar-refractivity contribution is 5.85. The van der Waals surface area contributed by atoms with Crippen LogP contribution in [0.3, 0.4) is 0 Å². The second-order valence-corrected chi connectivity index (χ2v) is 5.07. The quantitative estimate of drug-likeness (QED) is 0.811. The molecule has 0 aromatic heterocycles. The van der Waals surface area contributed by atoms with Gasteiger partial charge in [-0.05, 0) is 47.3 Å². The van der Waals surface area contributed by atoms with Gasteiger partial charge in [0.1, 0.15) is 0 Å². The number of amides is 1. The number of nitrogens with one attached hydrogen (secondary N) is 2. The van der Waals surface area contributed by atoms with Crippen molar-refractivity contribution >= 4 is 30.7 Å². The molecule has 1 rings (SSSR count). The van der Waals surface area contributed by atoms with Gasteiger partial charge in [0.2, 0.25) is 5.91 Å². The zero-order valence-corrected chi connectivity index (χ0v) is 12.7. The Kier molecular flexibility index (Phi) is 9.25. The molecule has 0 spiro atoms. The fourth-order valence-corrected chi connectivity index (χ4v) is 1.49. The third-order valence-electron chi connectivity index (χ3n) is 3.28. The summed E-state index contributed by atoms with van der Waals surface area (Å²) in [5.41, 5.74) is 0.00820. The third-order valence-corrected chi connectivity index (χ3v) is 3.28. The molecule has 6 heteroatoms. The maximum atomic E-state index is 11.7. The van der Waals surface area contributed by atoms with Gasteiger partial charge in [0.25, 0.3) is 0 Å². The summed E-state index contributed by atoms with van der Waals surface area (Å²) in [6.45, 7) is 5.90. The van der Waals surface area contributed by atoms with Crippen LogP contribution in [0, 0.1) is 0 Å². The minimum atomic E-state index is 0. The molecule has 0 aromatic rings. The van der Waals surface area contributed by atoms with Gasteiger partial charge in [-0.25, -0.2) is 0 Å². The lowest BCUT2D eigenvalue weighted by Gasteiger charge is -2.33. The number of carbonyl (C=O) groups excluding carboxylic acids is 1. The normalized spacial score (nSPS) is 19.5. The first-order valence-corrected chi connectivity index (χ1v) is 5.62. The number of nitrogens with zero attached hydrogens (tertiary/aromatic N) is 1. The minimum absolute atomic E-state index is 0. The van der Waals surface area contributed by atoms with Crippen LogP contribution in [0.4, 0.5) is 0 Å². The number of halogens is 2. The molecule has 1 unspecified atom stereocenters. The van der Waals surface area contributed by atoms with Gasteiger partial charge in [0.05, 0.1) is 6.04 Å². The summed E-state index contributed by atoms with van der Waals surface area (Å²) in [7, 11) is 4.06. The Bertz CT molecular complexity index is 229. The molecule has 17 heavy (non-hydrogen) atoms. The predicted octanol–water partition coefficient (Wildman–Crippen LogP) is 1.04. The van der Waals surface area contributed by atoms with E-state index in [4.69, 9.17) is 0 Å². The standard InChI is InChI=1S/C11H23N3O.2ClH/c1-11(2,14(3)4)8-13-10(15)9-6-5-7-12-9;;/h9,12H,5-8H2,1-4H3,(H,13,15);2*1H. The largest absolute Gasteiger partial charge is 0.353 e. The maximum absolute atomic E-state index is 11.7. The topological polar surface area (TPSA) is 44.4 Å². The van der Waals surface area contributed by atoms with E-state index in [2.05, 4.69) is 29.4 Å². The monoisotopic (exact) mass is 285 g/mol. The number of likely N-dealkylation sites (N-methyl/N-ethyl adjacent to an activating group) is 1. The number of hydrogen-bond donors (Lipinski definition) is 2. The summed E-state index contributed by atoms with van der Waals surface area (Å²) < 4.78 is 0. The van der Waals surface area contributed by atoms with Crippen molar-refractivity contribution in [1.29, 1.82) is 0 Å². The van der Waals surface area contributed by atoms with Crippen LogP contribution in [-0.2, 0) is 4.79 Å². The Morgan fingerprint density at radius 2 is 2.00 bits per heavy atom. The summed E-state index contributed by atoms with van der Waals surface area (Å²) in [6.07, 6.45) is 2.07. The molecule has 0 aromatic carbocycles. The van der Waals surface area contributed by atoms with Crippen LogP contribution in [-0.4, -0.2) is 49.6 Å². The molecular weight excluding hydrogens is 261 g/mol. The Morgan fingerprint density at radius 1 is 1.41 bits per heavy atom. The molecule has 1 atom stereocenters. The van der Waals surface area contributed by atoms with Gasteiger partial charge in [0.15, 0.2) is 0 Å². The molecule has 1 aliphatic rings. The second kappa shape index (κ2) is 8.14. The average Bonchev–Trinajstić information content (AvgIpc) is 2.66. The molecule has 104 valence electrons. The first-order chi connectivity index (χ1) is 6.93. The van der Waals surface area contributed by atoms with Crippen molar-refractivity contribution in [3.05, 3.63) is 0 Å². The Labute approximate surface area is 117 Å². The molecule has 0 radical (unpaired) electrons. The van der Waals surface area contributed by atoms with Gasteiger partial charge < -0.3 is 15.5 Å². The predicted molar refractivity (Wildman–Crippen MR) is 76.3 cm³/mol. The molecule has 0 saturated carbocycles. The molecule has 1 amide bonds. The Balaban J connectivity index is 0. The molecule has 1 aliphatic heterocycles. The smallest absolute Gasteiger partial charge is 0.237 e. The molecule has 0 bridgehead atoms. The third kappa shape index (κ3) is 5.91. The van der Waals surface area contributed by atoms with Gasteiger partial charge in [-0.2, -0.15) is 0 Å². The van der Waals surface area contributed by atoms with Gasteiger partial charge in [-0.3, -0.25) is 4.79 Å². The zero-order valence-electron chi connectivity index (χ0n) is 11.1. The molecule has 1 heterocycles. The van der Waals surface area contributed by atoms with Crippen LogP contribution >= 0.6 is 24.8 Å². The van der Waals surface area contributed by atoms with Gasteiger partial charge >= 0.3 is 0 Å². The van der Waals surface area contributed by atoms with Crippen LogP contribution in [0.15, 0.2) is 0 Å². The molecule has 1 saturated heterocycles.